The largest absolute Gasteiger partial charge is 0.497 e. The van der Waals surface area contributed by atoms with E-state index in [0.29, 0.717) is 6.42 Å². The lowest BCUT2D eigenvalue weighted by molar-refractivity contribution is 0.414. The minimum atomic E-state index is -3.73. The first-order chi connectivity index (χ1) is 8.99. The highest BCUT2D eigenvalue weighted by atomic mass is 32.2. The topological polar surface area (TPSA) is 82.3 Å². The van der Waals surface area contributed by atoms with Crippen molar-refractivity contribution < 1.29 is 13.2 Å². The van der Waals surface area contributed by atoms with Crippen molar-refractivity contribution in [2.45, 2.75) is 11.4 Å². The molecule has 1 aromatic heterocycles. The van der Waals surface area contributed by atoms with E-state index >= 15 is 0 Å². The van der Waals surface area contributed by atoms with Gasteiger partial charge in [0.25, 0.3) is 10.0 Å². The molecule has 0 saturated carbocycles. The van der Waals surface area contributed by atoms with Crippen LogP contribution < -0.4 is 9.88 Å². The fourth-order valence-corrected chi connectivity index (χ4v) is 2.12. The van der Waals surface area contributed by atoms with E-state index in [0.717, 1.165) is 16.9 Å². The van der Waals surface area contributed by atoms with Crippen LogP contribution in [0.5, 0.6) is 5.75 Å². The van der Waals surface area contributed by atoms with Crippen molar-refractivity contribution >= 4 is 10.0 Å². The maximum atomic E-state index is 11.1. The van der Waals surface area contributed by atoms with Gasteiger partial charge in [-0.05, 0) is 35.7 Å². The Hall–Kier alpha value is -1.92. The van der Waals surface area contributed by atoms with Crippen LogP contribution in [-0.2, 0) is 16.4 Å². The van der Waals surface area contributed by atoms with Crippen molar-refractivity contribution in [1.82, 2.24) is 4.98 Å². The van der Waals surface area contributed by atoms with Gasteiger partial charge in [0.1, 0.15) is 5.75 Å². The number of sulfonamides is 1. The van der Waals surface area contributed by atoms with Crippen LogP contribution >= 0.6 is 0 Å². The number of ether oxygens (including phenoxy) is 1. The molecule has 1 aromatic carbocycles. The van der Waals surface area contributed by atoms with Gasteiger partial charge >= 0.3 is 0 Å². The van der Waals surface area contributed by atoms with Gasteiger partial charge in [0.05, 0.1) is 7.11 Å². The Bertz CT molecular complexity index is 649. The number of pyridine rings is 1. The van der Waals surface area contributed by atoms with E-state index in [4.69, 9.17) is 9.88 Å². The molecule has 1 heterocycles. The average Bonchev–Trinajstić information content (AvgIpc) is 2.39. The molecule has 2 rings (SSSR count). The van der Waals surface area contributed by atoms with Crippen LogP contribution in [0, 0.1) is 0 Å². The first-order valence-corrected chi connectivity index (χ1v) is 7.14. The highest BCUT2D eigenvalue weighted by Gasteiger charge is 2.08. The Morgan fingerprint density at radius 2 is 1.74 bits per heavy atom. The third-order valence-electron chi connectivity index (χ3n) is 2.66. The average molecular weight is 278 g/mol. The molecule has 0 atom stereocenters. The van der Waals surface area contributed by atoms with E-state index in [1.54, 1.807) is 13.2 Å². The van der Waals surface area contributed by atoms with E-state index < -0.39 is 10.0 Å². The van der Waals surface area contributed by atoms with Gasteiger partial charge in [0, 0.05) is 6.20 Å². The molecule has 2 aromatic rings. The second-order valence-corrected chi connectivity index (χ2v) is 5.58. The summed E-state index contributed by atoms with van der Waals surface area (Å²) in [6, 6.07) is 10.8. The molecule has 0 bridgehead atoms. The minimum absolute atomic E-state index is 0.119. The maximum Gasteiger partial charge on any atom is 0.255 e. The Morgan fingerprint density at radius 1 is 1.11 bits per heavy atom. The second kappa shape index (κ2) is 5.38. The van der Waals surface area contributed by atoms with E-state index in [1.165, 1.54) is 12.3 Å². The van der Waals surface area contributed by atoms with E-state index in [1.807, 2.05) is 24.3 Å². The summed E-state index contributed by atoms with van der Waals surface area (Å²) in [7, 11) is -2.11. The molecule has 2 N–H and O–H groups in total. The lowest BCUT2D eigenvalue weighted by atomic mass is 10.1. The van der Waals surface area contributed by atoms with Crippen molar-refractivity contribution in [3.05, 3.63) is 53.7 Å². The summed E-state index contributed by atoms with van der Waals surface area (Å²) in [6.07, 6.45) is 2.19. The number of aromatic nitrogens is 1. The summed E-state index contributed by atoms with van der Waals surface area (Å²) in [5.41, 5.74) is 2.00. The Labute approximate surface area is 112 Å². The second-order valence-electron chi connectivity index (χ2n) is 4.07. The molecule has 19 heavy (non-hydrogen) atoms. The van der Waals surface area contributed by atoms with Gasteiger partial charge in [-0.15, -0.1) is 0 Å². The SMILES string of the molecule is COc1ccc(Cc2ccc(S(N)(=O)=O)nc2)cc1. The van der Waals surface area contributed by atoms with Gasteiger partial charge < -0.3 is 4.74 Å². The molecule has 6 heteroatoms. The van der Waals surface area contributed by atoms with Gasteiger partial charge in [0.15, 0.2) is 5.03 Å². The summed E-state index contributed by atoms with van der Waals surface area (Å²) >= 11 is 0. The van der Waals surface area contributed by atoms with Gasteiger partial charge in [-0.3, -0.25) is 0 Å². The van der Waals surface area contributed by atoms with Gasteiger partial charge in [-0.2, -0.15) is 0 Å². The third-order valence-corrected chi connectivity index (χ3v) is 3.48. The van der Waals surface area contributed by atoms with Gasteiger partial charge in [-0.1, -0.05) is 18.2 Å². The van der Waals surface area contributed by atoms with Crippen LogP contribution in [0.4, 0.5) is 0 Å². The monoisotopic (exact) mass is 278 g/mol. The molecule has 0 unspecified atom stereocenters. The number of nitrogens with zero attached hydrogens (tertiary/aromatic N) is 1. The zero-order valence-electron chi connectivity index (χ0n) is 10.4. The fraction of sp³-hybridized carbons (Fsp3) is 0.154. The number of rotatable bonds is 4. The molecule has 0 aliphatic carbocycles. The summed E-state index contributed by atoms with van der Waals surface area (Å²) < 4.78 is 27.2. The molecular weight excluding hydrogens is 264 g/mol. The number of primary sulfonamides is 1. The quantitative estimate of drug-likeness (QED) is 0.914. The number of methoxy groups -OCH3 is 1. The zero-order valence-corrected chi connectivity index (χ0v) is 11.2. The summed E-state index contributed by atoms with van der Waals surface area (Å²) in [4.78, 5) is 3.84. The van der Waals surface area contributed by atoms with Crippen molar-refractivity contribution in [3.8, 4) is 5.75 Å². The van der Waals surface area contributed by atoms with E-state index in [-0.39, 0.29) is 5.03 Å². The molecule has 0 saturated heterocycles. The summed E-state index contributed by atoms with van der Waals surface area (Å²) in [5.74, 6) is 0.798. The summed E-state index contributed by atoms with van der Waals surface area (Å²) in [5, 5.41) is 4.87. The number of nitrogens with two attached hydrogens (primary N) is 1. The van der Waals surface area contributed by atoms with Crippen LogP contribution in [0.15, 0.2) is 47.6 Å². The fourth-order valence-electron chi connectivity index (χ4n) is 1.66. The molecule has 0 aliphatic rings. The molecule has 100 valence electrons. The van der Waals surface area contributed by atoms with Crippen LogP contribution in [0.3, 0.4) is 0 Å². The van der Waals surface area contributed by atoms with Crippen LogP contribution in [0.1, 0.15) is 11.1 Å². The summed E-state index contributed by atoms with van der Waals surface area (Å²) in [6.45, 7) is 0. The molecule has 0 amide bonds. The minimum Gasteiger partial charge on any atom is -0.497 e. The highest BCUT2D eigenvalue weighted by molar-refractivity contribution is 7.89. The van der Waals surface area contributed by atoms with Crippen LogP contribution in [0.25, 0.3) is 0 Å². The predicted octanol–water partition coefficient (Wildman–Crippen LogP) is 1.33. The van der Waals surface area contributed by atoms with Crippen LogP contribution in [0.2, 0.25) is 0 Å². The van der Waals surface area contributed by atoms with Crippen LogP contribution in [-0.4, -0.2) is 20.5 Å². The first kappa shape index (κ1) is 13.5. The van der Waals surface area contributed by atoms with Gasteiger partial charge in [-0.25, -0.2) is 18.5 Å². The number of hydrogen-bond acceptors (Lipinski definition) is 4. The molecule has 5 nitrogen and oxygen atoms in total. The first-order valence-electron chi connectivity index (χ1n) is 5.60. The molecule has 0 fully saturated rings. The zero-order chi connectivity index (χ0) is 13.9. The highest BCUT2D eigenvalue weighted by Crippen LogP contribution is 2.15. The third kappa shape index (κ3) is 3.52. The van der Waals surface area contributed by atoms with Crippen molar-refractivity contribution in [2.24, 2.45) is 5.14 Å². The van der Waals surface area contributed by atoms with E-state index in [9.17, 15) is 8.42 Å². The predicted molar refractivity (Wildman–Crippen MR) is 71.4 cm³/mol. The van der Waals surface area contributed by atoms with Gasteiger partial charge in [0.2, 0.25) is 0 Å². The maximum absolute atomic E-state index is 11.1. The normalized spacial score (nSPS) is 11.3. The van der Waals surface area contributed by atoms with Crippen molar-refractivity contribution in [1.29, 1.82) is 0 Å². The number of hydrogen-bond donors (Lipinski definition) is 1. The lowest BCUT2D eigenvalue weighted by Gasteiger charge is -2.04. The van der Waals surface area contributed by atoms with E-state index in [2.05, 4.69) is 4.98 Å². The standard InChI is InChI=1S/C13H14N2O3S/c1-18-12-5-2-10(3-6-12)8-11-4-7-13(15-9-11)19(14,16)17/h2-7,9H,8H2,1H3,(H2,14,16,17). The molecule has 0 radical (unpaired) electrons. The Morgan fingerprint density at radius 3 is 2.21 bits per heavy atom. The smallest absolute Gasteiger partial charge is 0.255 e. The molecular formula is C13H14N2O3S. The molecule has 0 aliphatic heterocycles. The number of benzene rings is 1. The Kier molecular flexibility index (Phi) is 3.82. The van der Waals surface area contributed by atoms with Crippen molar-refractivity contribution in [3.63, 3.8) is 0 Å². The Balaban J connectivity index is 2.15. The lowest BCUT2D eigenvalue weighted by Crippen LogP contribution is -2.13. The van der Waals surface area contributed by atoms with Crippen molar-refractivity contribution in [2.75, 3.05) is 7.11 Å². The molecule has 0 spiro atoms.